The summed E-state index contributed by atoms with van der Waals surface area (Å²) in [5, 5.41) is 0. The van der Waals surface area contributed by atoms with Crippen LogP contribution in [0.4, 0.5) is 0 Å². The van der Waals surface area contributed by atoms with Gasteiger partial charge in [0.1, 0.15) is 0 Å². The highest BCUT2D eigenvalue weighted by Crippen LogP contribution is 1.93. The molecule has 0 spiro atoms. The topological polar surface area (TPSA) is 9.23 Å². The van der Waals surface area contributed by atoms with Crippen molar-refractivity contribution in [3.63, 3.8) is 0 Å². The van der Waals surface area contributed by atoms with E-state index in [0.717, 1.165) is 13.0 Å². The zero-order valence-corrected chi connectivity index (χ0v) is 4.98. The predicted molar refractivity (Wildman–Crippen MR) is 31.1 cm³/mol. The van der Waals surface area contributed by atoms with E-state index in [1.54, 1.807) is 6.26 Å². The Balaban J connectivity index is 0.000000162. The van der Waals surface area contributed by atoms with E-state index in [2.05, 4.69) is 0 Å². The van der Waals surface area contributed by atoms with Crippen molar-refractivity contribution in [2.45, 2.75) is 20.3 Å². The summed E-state index contributed by atoms with van der Waals surface area (Å²) in [6.45, 7) is 4.89. The lowest BCUT2D eigenvalue weighted by atomic mass is 10.5. The lowest BCUT2D eigenvalue weighted by Crippen LogP contribution is -1.70. The summed E-state index contributed by atoms with van der Waals surface area (Å²) in [7, 11) is 0. The second-order valence-electron chi connectivity index (χ2n) is 1.03. The molecule has 0 aliphatic carbocycles. The second-order valence-corrected chi connectivity index (χ2v) is 1.03. The monoisotopic (exact) mass is 100 g/mol. The molecular formula is C6H12O. The molecule has 1 heteroatoms. The second kappa shape index (κ2) is 5.54. The molecule has 0 saturated carbocycles. The van der Waals surface area contributed by atoms with Crippen molar-refractivity contribution < 1.29 is 4.74 Å². The fourth-order valence-corrected chi connectivity index (χ4v) is 0.340. The largest absolute Gasteiger partial charge is 0.501 e. The molecule has 1 nitrogen and oxygen atoms in total. The zero-order chi connectivity index (χ0) is 5.54. The molecule has 0 fully saturated rings. The van der Waals surface area contributed by atoms with Crippen molar-refractivity contribution in [3.05, 3.63) is 12.3 Å². The highest BCUT2D eigenvalue weighted by molar-refractivity contribution is 4.78. The molecule has 0 bridgehead atoms. The highest BCUT2D eigenvalue weighted by atomic mass is 16.5. The van der Waals surface area contributed by atoms with E-state index in [9.17, 15) is 0 Å². The quantitative estimate of drug-likeness (QED) is 0.452. The van der Waals surface area contributed by atoms with Crippen LogP contribution >= 0.6 is 0 Å². The predicted octanol–water partition coefficient (Wildman–Crippen LogP) is 1.95. The molecule has 0 radical (unpaired) electrons. The molecule has 1 aliphatic rings. The average molecular weight is 100 g/mol. The molecule has 0 saturated heterocycles. The van der Waals surface area contributed by atoms with Crippen LogP contribution in [0.3, 0.4) is 0 Å². The van der Waals surface area contributed by atoms with Gasteiger partial charge in [-0.2, -0.15) is 0 Å². The first-order chi connectivity index (χ1) is 3.50. The number of rotatable bonds is 0. The van der Waals surface area contributed by atoms with E-state index >= 15 is 0 Å². The first-order valence-corrected chi connectivity index (χ1v) is 2.77. The summed E-state index contributed by atoms with van der Waals surface area (Å²) < 4.78 is 4.76. The Kier molecular flexibility index (Phi) is 5.18. The number of ether oxygens (including phenoxy) is 1. The fraction of sp³-hybridized carbons (Fsp3) is 0.667. The lowest BCUT2D eigenvalue weighted by molar-refractivity contribution is 0.281. The van der Waals surface area contributed by atoms with Crippen molar-refractivity contribution in [1.82, 2.24) is 0 Å². The van der Waals surface area contributed by atoms with Crippen LogP contribution in [0.15, 0.2) is 12.3 Å². The maximum atomic E-state index is 4.76. The third kappa shape index (κ3) is 3.37. The van der Waals surface area contributed by atoms with Crippen LogP contribution in [0.2, 0.25) is 0 Å². The average Bonchev–Trinajstić information content (AvgIpc) is 2.23. The Bertz CT molecular complexity index is 42.1. The summed E-state index contributed by atoms with van der Waals surface area (Å²) >= 11 is 0. The van der Waals surface area contributed by atoms with Crippen molar-refractivity contribution >= 4 is 0 Å². The van der Waals surface area contributed by atoms with Gasteiger partial charge in [-0.15, -0.1) is 0 Å². The van der Waals surface area contributed by atoms with E-state index in [0.29, 0.717) is 0 Å². The van der Waals surface area contributed by atoms with Gasteiger partial charge >= 0.3 is 0 Å². The van der Waals surface area contributed by atoms with Crippen LogP contribution < -0.4 is 0 Å². The maximum absolute atomic E-state index is 4.76. The molecule has 0 aromatic heterocycles. The van der Waals surface area contributed by atoms with Crippen LogP contribution in [0.25, 0.3) is 0 Å². The SMILES string of the molecule is C1=COCC1.CC. The highest BCUT2D eigenvalue weighted by Gasteiger charge is 1.83. The number of hydrogen-bond acceptors (Lipinski definition) is 1. The lowest BCUT2D eigenvalue weighted by Gasteiger charge is -1.79. The van der Waals surface area contributed by atoms with Gasteiger partial charge < -0.3 is 4.74 Å². The molecule has 1 rings (SSSR count). The van der Waals surface area contributed by atoms with E-state index in [-0.39, 0.29) is 0 Å². The van der Waals surface area contributed by atoms with Gasteiger partial charge in [0.15, 0.2) is 0 Å². The third-order valence-electron chi connectivity index (χ3n) is 0.595. The molecule has 7 heavy (non-hydrogen) atoms. The van der Waals surface area contributed by atoms with Crippen molar-refractivity contribution in [2.24, 2.45) is 0 Å². The summed E-state index contributed by atoms with van der Waals surface area (Å²) in [4.78, 5) is 0. The molecule has 1 aliphatic heterocycles. The smallest absolute Gasteiger partial charge is 0.0908 e. The van der Waals surface area contributed by atoms with Crippen LogP contribution in [-0.4, -0.2) is 6.61 Å². The van der Waals surface area contributed by atoms with E-state index in [1.807, 2.05) is 19.9 Å². The van der Waals surface area contributed by atoms with Gasteiger partial charge in [0.05, 0.1) is 12.9 Å². The minimum atomic E-state index is 0.889. The maximum Gasteiger partial charge on any atom is 0.0908 e. The minimum Gasteiger partial charge on any atom is -0.501 e. The summed E-state index contributed by atoms with van der Waals surface area (Å²) in [5.74, 6) is 0. The van der Waals surface area contributed by atoms with Crippen molar-refractivity contribution in [3.8, 4) is 0 Å². The van der Waals surface area contributed by atoms with E-state index in [4.69, 9.17) is 4.74 Å². The molecule has 42 valence electrons. The molecule has 0 amide bonds. The van der Waals surface area contributed by atoms with Crippen LogP contribution in [-0.2, 0) is 4.74 Å². The summed E-state index contributed by atoms with van der Waals surface area (Å²) in [6, 6.07) is 0. The van der Waals surface area contributed by atoms with Gasteiger partial charge in [-0.1, -0.05) is 13.8 Å². The van der Waals surface area contributed by atoms with Gasteiger partial charge in [-0.25, -0.2) is 0 Å². The van der Waals surface area contributed by atoms with Crippen molar-refractivity contribution in [2.75, 3.05) is 6.61 Å². The Morgan fingerprint density at radius 3 is 2.29 bits per heavy atom. The summed E-state index contributed by atoms with van der Waals surface area (Å²) in [5.41, 5.74) is 0. The van der Waals surface area contributed by atoms with Crippen LogP contribution in [0, 0.1) is 0 Å². The molecule has 0 N–H and O–H groups in total. The Hall–Kier alpha value is -0.460. The Labute approximate surface area is 45.0 Å². The standard InChI is InChI=1S/C4H6O.C2H6/c1-2-4-5-3-1;1-2/h1,3H,2,4H2;1-2H3. The molecule has 0 unspecified atom stereocenters. The summed E-state index contributed by atoms with van der Waals surface area (Å²) in [6.07, 6.45) is 4.85. The van der Waals surface area contributed by atoms with Crippen molar-refractivity contribution in [1.29, 1.82) is 0 Å². The Morgan fingerprint density at radius 1 is 1.43 bits per heavy atom. The van der Waals surface area contributed by atoms with Gasteiger partial charge in [-0.05, 0) is 6.08 Å². The minimum absolute atomic E-state index is 0.889. The van der Waals surface area contributed by atoms with Crippen LogP contribution in [0.1, 0.15) is 20.3 Å². The number of hydrogen-bond donors (Lipinski definition) is 0. The third-order valence-corrected chi connectivity index (χ3v) is 0.595. The molecule has 0 aromatic carbocycles. The van der Waals surface area contributed by atoms with Gasteiger partial charge in [0, 0.05) is 6.42 Å². The molecule has 0 atom stereocenters. The first-order valence-electron chi connectivity index (χ1n) is 2.77. The van der Waals surface area contributed by atoms with Gasteiger partial charge in [0.25, 0.3) is 0 Å². The van der Waals surface area contributed by atoms with Gasteiger partial charge in [0.2, 0.25) is 0 Å². The molecule has 0 aromatic rings. The van der Waals surface area contributed by atoms with E-state index < -0.39 is 0 Å². The first kappa shape index (κ1) is 6.54. The zero-order valence-electron chi connectivity index (χ0n) is 4.98. The normalized spacial score (nSPS) is 14.6. The van der Waals surface area contributed by atoms with Gasteiger partial charge in [-0.3, -0.25) is 0 Å². The van der Waals surface area contributed by atoms with Crippen LogP contribution in [0.5, 0.6) is 0 Å². The molecular weight excluding hydrogens is 88.1 g/mol. The fourth-order valence-electron chi connectivity index (χ4n) is 0.340. The molecule has 1 heterocycles. The Morgan fingerprint density at radius 2 is 2.14 bits per heavy atom. The van der Waals surface area contributed by atoms with E-state index in [1.165, 1.54) is 0 Å².